The zero-order valence-corrected chi connectivity index (χ0v) is 16.5. The number of carbonyl (C=O) groups is 1. The molecule has 4 rings (SSSR count). The highest BCUT2D eigenvalue weighted by Gasteiger charge is 2.68. The summed E-state index contributed by atoms with van der Waals surface area (Å²) in [6, 6.07) is 8.01. The van der Waals surface area contributed by atoms with E-state index in [2.05, 4.69) is 30.3 Å². The van der Waals surface area contributed by atoms with Crippen LogP contribution in [0.5, 0.6) is 0 Å². The van der Waals surface area contributed by atoms with Crippen molar-refractivity contribution >= 4 is 17.2 Å². The lowest BCUT2D eigenvalue weighted by Crippen LogP contribution is -2.49. The largest absolute Gasteiger partial charge is 0.383 e. The summed E-state index contributed by atoms with van der Waals surface area (Å²) in [7, 11) is 0. The number of hydrogen-bond donors (Lipinski definition) is 1. The van der Waals surface area contributed by atoms with Crippen LogP contribution in [0.1, 0.15) is 49.2 Å². The number of piperidine rings is 1. The predicted octanol–water partition coefficient (Wildman–Crippen LogP) is 3.63. The number of aryl methyl sites for hydroxylation is 1. The average Bonchev–Trinajstić information content (AvgIpc) is 2.99. The van der Waals surface area contributed by atoms with Crippen molar-refractivity contribution in [2.75, 3.05) is 13.1 Å². The molecule has 5 heteroatoms. The molecule has 1 N–H and O–H groups in total. The first-order valence-electron chi connectivity index (χ1n) is 9.27. The molecule has 2 aliphatic rings. The molecule has 1 aliphatic heterocycles. The number of aromatic nitrogens is 1. The van der Waals surface area contributed by atoms with E-state index in [4.69, 9.17) is 0 Å². The SMILES string of the molecule is Cc1ccc(C2(O)CCN(C(=O)C3(c4cccs4)CC3(C)C)CC2)nc1. The van der Waals surface area contributed by atoms with Gasteiger partial charge in [-0.1, -0.05) is 26.0 Å². The molecule has 138 valence electrons. The molecule has 1 amide bonds. The second-order valence-corrected chi connectivity index (χ2v) is 9.44. The Balaban J connectivity index is 1.51. The molecule has 0 bridgehead atoms. The van der Waals surface area contributed by atoms with Crippen molar-refractivity contribution < 1.29 is 9.90 Å². The molecule has 26 heavy (non-hydrogen) atoms. The minimum atomic E-state index is -0.931. The highest BCUT2D eigenvalue weighted by molar-refractivity contribution is 7.10. The Morgan fingerprint density at radius 1 is 1.23 bits per heavy atom. The van der Waals surface area contributed by atoms with Crippen LogP contribution in [0, 0.1) is 12.3 Å². The standard InChI is InChI=1S/C21H26N2O2S/c1-15-6-7-16(22-13-15)20(25)8-10-23(11-9-20)18(24)21(14-19(21,2)3)17-5-4-12-26-17/h4-7,12-13,25H,8-11,14H2,1-3H3. The fourth-order valence-corrected chi connectivity index (χ4v) is 5.48. The Labute approximate surface area is 158 Å². The smallest absolute Gasteiger partial charge is 0.234 e. The van der Waals surface area contributed by atoms with Gasteiger partial charge in [-0.2, -0.15) is 0 Å². The second-order valence-electron chi connectivity index (χ2n) is 8.49. The molecule has 2 aromatic rings. The average molecular weight is 371 g/mol. The van der Waals surface area contributed by atoms with Crippen LogP contribution in [0.25, 0.3) is 0 Å². The van der Waals surface area contributed by atoms with Gasteiger partial charge in [0.25, 0.3) is 0 Å². The molecule has 1 aliphatic carbocycles. The first kappa shape index (κ1) is 17.7. The fraction of sp³-hybridized carbons (Fsp3) is 0.524. The van der Waals surface area contributed by atoms with Crippen molar-refractivity contribution in [3.63, 3.8) is 0 Å². The Morgan fingerprint density at radius 2 is 1.92 bits per heavy atom. The van der Waals surface area contributed by atoms with Gasteiger partial charge in [-0.05, 0) is 54.7 Å². The van der Waals surface area contributed by atoms with Crippen molar-refractivity contribution in [3.8, 4) is 0 Å². The summed E-state index contributed by atoms with van der Waals surface area (Å²) in [5.41, 5.74) is 0.494. The van der Waals surface area contributed by atoms with Gasteiger partial charge in [-0.25, -0.2) is 0 Å². The summed E-state index contributed by atoms with van der Waals surface area (Å²) in [6.45, 7) is 7.51. The van der Waals surface area contributed by atoms with Crippen LogP contribution >= 0.6 is 11.3 Å². The Kier molecular flexibility index (Phi) is 4.01. The van der Waals surface area contributed by atoms with Crippen LogP contribution in [0.3, 0.4) is 0 Å². The number of rotatable bonds is 3. The summed E-state index contributed by atoms with van der Waals surface area (Å²) in [5.74, 6) is 0.226. The summed E-state index contributed by atoms with van der Waals surface area (Å²) in [5, 5.41) is 13.1. The zero-order valence-electron chi connectivity index (χ0n) is 15.7. The van der Waals surface area contributed by atoms with E-state index >= 15 is 0 Å². The molecule has 1 atom stereocenters. The monoisotopic (exact) mass is 370 g/mol. The summed E-state index contributed by atoms with van der Waals surface area (Å²) >= 11 is 1.68. The summed E-state index contributed by atoms with van der Waals surface area (Å²) in [6.07, 6.45) is 3.77. The van der Waals surface area contributed by atoms with Crippen LogP contribution < -0.4 is 0 Å². The topological polar surface area (TPSA) is 53.4 Å². The van der Waals surface area contributed by atoms with Gasteiger partial charge in [0.2, 0.25) is 5.91 Å². The molecular formula is C21H26N2O2S. The number of thiophene rings is 1. The van der Waals surface area contributed by atoms with E-state index in [0.29, 0.717) is 25.9 Å². The lowest BCUT2D eigenvalue weighted by Gasteiger charge is -2.39. The maximum Gasteiger partial charge on any atom is 0.234 e. The van der Waals surface area contributed by atoms with Gasteiger partial charge in [0.05, 0.1) is 11.1 Å². The Hall–Kier alpha value is -1.72. The van der Waals surface area contributed by atoms with Gasteiger partial charge in [0, 0.05) is 24.2 Å². The van der Waals surface area contributed by atoms with E-state index in [1.807, 2.05) is 30.0 Å². The molecule has 0 spiro atoms. The molecule has 4 nitrogen and oxygen atoms in total. The molecule has 0 radical (unpaired) electrons. The van der Waals surface area contributed by atoms with Crippen LogP contribution in [0.2, 0.25) is 0 Å². The Morgan fingerprint density at radius 3 is 2.42 bits per heavy atom. The predicted molar refractivity (Wildman–Crippen MR) is 103 cm³/mol. The van der Waals surface area contributed by atoms with Gasteiger partial charge in [0.1, 0.15) is 5.60 Å². The van der Waals surface area contributed by atoms with Crippen LogP contribution in [-0.4, -0.2) is 34.0 Å². The molecule has 1 saturated carbocycles. The van der Waals surface area contributed by atoms with Gasteiger partial charge >= 0.3 is 0 Å². The molecule has 0 aromatic carbocycles. The number of amides is 1. The number of carbonyl (C=O) groups excluding carboxylic acids is 1. The first-order valence-corrected chi connectivity index (χ1v) is 10.2. The number of nitrogens with zero attached hydrogens (tertiary/aromatic N) is 2. The highest BCUT2D eigenvalue weighted by atomic mass is 32.1. The number of likely N-dealkylation sites (tertiary alicyclic amines) is 1. The quantitative estimate of drug-likeness (QED) is 0.898. The van der Waals surface area contributed by atoms with Crippen molar-refractivity contribution in [1.82, 2.24) is 9.88 Å². The van der Waals surface area contributed by atoms with E-state index in [1.54, 1.807) is 17.5 Å². The molecule has 3 heterocycles. The molecule has 1 saturated heterocycles. The minimum Gasteiger partial charge on any atom is -0.383 e. The second kappa shape index (κ2) is 5.89. The van der Waals surface area contributed by atoms with Crippen LogP contribution in [0.4, 0.5) is 0 Å². The lowest BCUT2D eigenvalue weighted by atomic mass is 9.85. The summed E-state index contributed by atoms with van der Waals surface area (Å²) in [4.78, 5) is 21.0. The van der Waals surface area contributed by atoms with E-state index in [1.165, 1.54) is 4.88 Å². The fourth-order valence-electron chi connectivity index (χ4n) is 4.38. The lowest BCUT2D eigenvalue weighted by molar-refractivity contribution is -0.139. The first-order chi connectivity index (χ1) is 12.3. The van der Waals surface area contributed by atoms with Gasteiger partial charge in [0.15, 0.2) is 0 Å². The van der Waals surface area contributed by atoms with Crippen molar-refractivity contribution in [2.45, 2.75) is 51.0 Å². The minimum absolute atomic E-state index is 0.00119. The molecule has 2 aromatic heterocycles. The number of hydrogen-bond acceptors (Lipinski definition) is 4. The van der Waals surface area contributed by atoms with E-state index in [-0.39, 0.29) is 16.7 Å². The zero-order chi connectivity index (χ0) is 18.6. The van der Waals surface area contributed by atoms with E-state index < -0.39 is 5.60 Å². The molecular weight excluding hydrogens is 344 g/mol. The normalized spacial score (nSPS) is 26.5. The third-order valence-electron chi connectivity index (χ3n) is 6.31. The van der Waals surface area contributed by atoms with Gasteiger partial charge in [-0.3, -0.25) is 9.78 Å². The molecule has 1 unspecified atom stereocenters. The third-order valence-corrected chi connectivity index (χ3v) is 7.34. The maximum absolute atomic E-state index is 13.4. The highest BCUT2D eigenvalue weighted by Crippen LogP contribution is 2.66. The summed E-state index contributed by atoms with van der Waals surface area (Å²) < 4.78 is 0. The Bertz CT molecular complexity index is 805. The van der Waals surface area contributed by atoms with Crippen LogP contribution in [0.15, 0.2) is 35.8 Å². The van der Waals surface area contributed by atoms with Crippen molar-refractivity contribution in [1.29, 1.82) is 0 Å². The van der Waals surface area contributed by atoms with Gasteiger partial charge in [-0.15, -0.1) is 11.3 Å². The molecule has 2 fully saturated rings. The number of aliphatic hydroxyl groups is 1. The van der Waals surface area contributed by atoms with Crippen molar-refractivity contribution in [3.05, 3.63) is 52.0 Å². The maximum atomic E-state index is 13.4. The van der Waals surface area contributed by atoms with E-state index in [9.17, 15) is 9.90 Å². The third kappa shape index (κ3) is 2.60. The number of pyridine rings is 1. The van der Waals surface area contributed by atoms with Crippen molar-refractivity contribution in [2.24, 2.45) is 5.41 Å². The van der Waals surface area contributed by atoms with Gasteiger partial charge < -0.3 is 10.0 Å². The van der Waals surface area contributed by atoms with E-state index in [0.717, 1.165) is 17.7 Å². The van der Waals surface area contributed by atoms with Crippen LogP contribution in [-0.2, 0) is 15.8 Å².